The summed E-state index contributed by atoms with van der Waals surface area (Å²) in [4.78, 5) is 14.2. The first-order chi connectivity index (χ1) is 13.1. The predicted molar refractivity (Wildman–Crippen MR) is 115 cm³/mol. The Morgan fingerprint density at radius 2 is 1.85 bits per heavy atom. The number of nitrogens with zero attached hydrogens (tertiary/aromatic N) is 2. The van der Waals surface area contributed by atoms with Crippen LogP contribution in [0, 0.1) is 0 Å². The summed E-state index contributed by atoms with van der Waals surface area (Å²) in [5.74, 6) is 0.322. The summed E-state index contributed by atoms with van der Waals surface area (Å²) in [6.45, 7) is 6.39. The van der Waals surface area contributed by atoms with Gasteiger partial charge in [0.1, 0.15) is 5.75 Å². The van der Waals surface area contributed by atoms with E-state index in [-0.39, 0.29) is 12.5 Å². The molecule has 144 valence electrons. The van der Waals surface area contributed by atoms with Crippen molar-refractivity contribution in [2.75, 3.05) is 24.6 Å². The van der Waals surface area contributed by atoms with Crippen LogP contribution in [0.3, 0.4) is 0 Å². The smallest absolute Gasteiger partial charge is 0.277 e. The van der Waals surface area contributed by atoms with Crippen molar-refractivity contribution in [3.8, 4) is 5.75 Å². The third-order valence-corrected chi connectivity index (χ3v) is 4.31. The third kappa shape index (κ3) is 7.43. The van der Waals surface area contributed by atoms with Crippen LogP contribution in [-0.2, 0) is 4.79 Å². The molecule has 2 aromatic rings. The molecule has 0 saturated heterocycles. The average Bonchev–Trinajstić information content (AvgIpc) is 2.67. The van der Waals surface area contributed by atoms with Crippen LogP contribution in [0.4, 0.5) is 5.69 Å². The fourth-order valence-corrected chi connectivity index (χ4v) is 2.98. The number of nitrogens with one attached hydrogen (secondary N) is 1. The lowest BCUT2D eigenvalue weighted by molar-refractivity contribution is -0.123. The predicted octanol–water partition coefficient (Wildman–Crippen LogP) is 4.60. The molecule has 0 atom stereocenters. The van der Waals surface area contributed by atoms with Gasteiger partial charge in [-0.25, -0.2) is 5.43 Å². The van der Waals surface area contributed by atoms with E-state index in [1.165, 1.54) is 5.69 Å². The normalized spacial score (nSPS) is 10.8. The number of amides is 1. The molecule has 0 spiro atoms. The maximum absolute atomic E-state index is 11.8. The van der Waals surface area contributed by atoms with Crippen molar-refractivity contribution >= 4 is 33.7 Å². The maximum Gasteiger partial charge on any atom is 0.277 e. The molecular formula is C21H26BrN3O2. The first kappa shape index (κ1) is 21.0. The van der Waals surface area contributed by atoms with Crippen LogP contribution in [0.25, 0.3) is 0 Å². The number of hydrogen-bond acceptors (Lipinski definition) is 4. The zero-order valence-corrected chi connectivity index (χ0v) is 17.4. The molecule has 0 fully saturated rings. The summed E-state index contributed by atoms with van der Waals surface area (Å²) < 4.78 is 6.32. The van der Waals surface area contributed by atoms with Crippen LogP contribution in [0.15, 0.2) is 58.1 Å². The molecule has 0 aliphatic rings. The summed E-state index contributed by atoms with van der Waals surface area (Å²) >= 11 is 3.36. The minimum absolute atomic E-state index is 0.0876. The number of hydrazone groups is 1. The van der Waals surface area contributed by atoms with E-state index in [1.54, 1.807) is 18.3 Å². The molecular weight excluding hydrogens is 406 g/mol. The topological polar surface area (TPSA) is 53.9 Å². The van der Waals surface area contributed by atoms with Gasteiger partial charge in [0.05, 0.1) is 6.21 Å². The van der Waals surface area contributed by atoms with Crippen molar-refractivity contribution in [1.29, 1.82) is 0 Å². The Bertz CT molecular complexity index is 741. The molecule has 0 heterocycles. The van der Waals surface area contributed by atoms with E-state index in [9.17, 15) is 4.79 Å². The van der Waals surface area contributed by atoms with Gasteiger partial charge >= 0.3 is 0 Å². The van der Waals surface area contributed by atoms with Crippen LogP contribution in [-0.4, -0.2) is 31.8 Å². The second-order valence-electron chi connectivity index (χ2n) is 6.12. The minimum atomic E-state index is -0.306. The van der Waals surface area contributed by atoms with Gasteiger partial charge in [-0.05, 0) is 48.7 Å². The molecule has 0 aliphatic heterocycles. The highest BCUT2D eigenvalue weighted by Gasteiger charge is 2.04. The van der Waals surface area contributed by atoms with E-state index in [0.717, 1.165) is 36.0 Å². The molecule has 27 heavy (non-hydrogen) atoms. The molecule has 0 aromatic heterocycles. The van der Waals surface area contributed by atoms with Crippen molar-refractivity contribution < 1.29 is 9.53 Å². The molecule has 0 aliphatic carbocycles. The quantitative estimate of drug-likeness (QED) is 0.441. The number of anilines is 1. The van der Waals surface area contributed by atoms with Gasteiger partial charge < -0.3 is 9.64 Å². The third-order valence-electron chi connectivity index (χ3n) is 3.81. The fourth-order valence-electron chi connectivity index (χ4n) is 2.60. The monoisotopic (exact) mass is 431 g/mol. The SMILES string of the molecule is CCCN(CCC)c1ccc(/C=N/NC(=O)COc2cccc(Br)c2)cc1. The number of hydrogen-bond donors (Lipinski definition) is 1. The number of halogens is 1. The van der Waals surface area contributed by atoms with Gasteiger partial charge in [0, 0.05) is 23.2 Å². The minimum Gasteiger partial charge on any atom is -0.484 e. The molecule has 6 heteroatoms. The van der Waals surface area contributed by atoms with Crippen molar-refractivity contribution in [3.63, 3.8) is 0 Å². The van der Waals surface area contributed by atoms with E-state index in [0.29, 0.717) is 5.75 Å². The second-order valence-corrected chi connectivity index (χ2v) is 7.03. The highest BCUT2D eigenvalue weighted by molar-refractivity contribution is 9.10. The fraction of sp³-hybridized carbons (Fsp3) is 0.333. The van der Waals surface area contributed by atoms with Gasteiger partial charge in [0.15, 0.2) is 6.61 Å². The molecule has 0 radical (unpaired) electrons. The van der Waals surface area contributed by atoms with Crippen molar-refractivity contribution in [2.24, 2.45) is 5.10 Å². The summed E-state index contributed by atoms with van der Waals surface area (Å²) in [5.41, 5.74) is 4.62. The molecule has 2 rings (SSSR count). The standard InChI is InChI=1S/C21H26BrN3O2/c1-3-12-25(13-4-2)19-10-8-17(9-11-19)15-23-24-21(26)16-27-20-7-5-6-18(22)14-20/h5-11,14-15H,3-4,12-13,16H2,1-2H3,(H,24,26)/b23-15+. The van der Waals surface area contributed by atoms with Crippen LogP contribution in [0.2, 0.25) is 0 Å². The van der Waals surface area contributed by atoms with E-state index in [2.05, 4.69) is 57.3 Å². The van der Waals surface area contributed by atoms with E-state index in [1.807, 2.05) is 24.3 Å². The van der Waals surface area contributed by atoms with Crippen LogP contribution < -0.4 is 15.1 Å². The molecule has 5 nitrogen and oxygen atoms in total. The Morgan fingerprint density at radius 3 is 2.48 bits per heavy atom. The maximum atomic E-state index is 11.8. The Morgan fingerprint density at radius 1 is 1.15 bits per heavy atom. The van der Waals surface area contributed by atoms with Crippen LogP contribution >= 0.6 is 15.9 Å². The zero-order valence-electron chi connectivity index (χ0n) is 15.8. The number of rotatable bonds is 10. The lowest BCUT2D eigenvalue weighted by Crippen LogP contribution is -2.25. The average molecular weight is 432 g/mol. The van der Waals surface area contributed by atoms with E-state index < -0.39 is 0 Å². The van der Waals surface area contributed by atoms with Crippen molar-refractivity contribution in [3.05, 3.63) is 58.6 Å². The summed E-state index contributed by atoms with van der Waals surface area (Å²) in [6.07, 6.45) is 3.87. The number of carbonyl (C=O) groups excluding carboxylic acids is 1. The lowest BCUT2D eigenvalue weighted by atomic mass is 10.2. The van der Waals surface area contributed by atoms with E-state index in [4.69, 9.17) is 4.74 Å². The first-order valence-corrected chi connectivity index (χ1v) is 9.97. The van der Waals surface area contributed by atoms with Crippen LogP contribution in [0.1, 0.15) is 32.3 Å². The Balaban J connectivity index is 1.82. The molecule has 0 bridgehead atoms. The first-order valence-electron chi connectivity index (χ1n) is 9.17. The Hall–Kier alpha value is -2.34. The second kappa shape index (κ2) is 11.4. The highest BCUT2D eigenvalue weighted by atomic mass is 79.9. The van der Waals surface area contributed by atoms with Crippen molar-refractivity contribution in [2.45, 2.75) is 26.7 Å². The largest absolute Gasteiger partial charge is 0.484 e. The van der Waals surface area contributed by atoms with Crippen molar-refractivity contribution in [1.82, 2.24) is 5.43 Å². The van der Waals surface area contributed by atoms with Crippen LogP contribution in [0.5, 0.6) is 5.75 Å². The molecule has 1 amide bonds. The lowest BCUT2D eigenvalue weighted by Gasteiger charge is -2.23. The van der Waals surface area contributed by atoms with E-state index >= 15 is 0 Å². The molecule has 1 N–H and O–H groups in total. The summed E-state index contributed by atoms with van der Waals surface area (Å²) in [7, 11) is 0. The summed E-state index contributed by atoms with van der Waals surface area (Å²) in [6, 6.07) is 15.5. The molecule has 0 unspecified atom stereocenters. The van der Waals surface area contributed by atoms with Gasteiger partial charge in [-0.3, -0.25) is 4.79 Å². The number of benzene rings is 2. The zero-order chi connectivity index (χ0) is 19.5. The Labute approximate surface area is 169 Å². The Kier molecular flexibility index (Phi) is 8.84. The van der Waals surface area contributed by atoms with Gasteiger partial charge in [-0.15, -0.1) is 0 Å². The number of carbonyl (C=O) groups is 1. The van der Waals surface area contributed by atoms with Gasteiger partial charge in [0.25, 0.3) is 5.91 Å². The number of ether oxygens (including phenoxy) is 1. The van der Waals surface area contributed by atoms with Gasteiger partial charge in [-0.1, -0.05) is 48.0 Å². The van der Waals surface area contributed by atoms with Gasteiger partial charge in [0.2, 0.25) is 0 Å². The van der Waals surface area contributed by atoms with Gasteiger partial charge in [-0.2, -0.15) is 5.10 Å². The summed E-state index contributed by atoms with van der Waals surface area (Å²) in [5, 5.41) is 3.99. The molecule has 0 saturated carbocycles. The molecule has 2 aromatic carbocycles. The highest BCUT2D eigenvalue weighted by Crippen LogP contribution is 2.17.